The number of rotatable bonds is 9. The smallest absolute Gasteiger partial charge is 0.326 e. The Balaban J connectivity index is 5.12. The lowest BCUT2D eigenvalue weighted by atomic mass is 10.0. The van der Waals surface area contributed by atoms with Crippen molar-refractivity contribution in [2.75, 3.05) is 13.1 Å². The zero-order valence-corrected chi connectivity index (χ0v) is 12.4. The molecule has 0 aromatic rings. The summed E-state index contributed by atoms with van der Waals surface area (Å²) in [4.78, 5) is 24.7. The third-order valence-corrected chi connectivity index (χ3v) is 2.62. The fourth-order valence-corrected chi connectivity index (χ4v) is 1.56. The van der Waals surface area contributed by atoms with E-state index in [1.807, 2.05) is 0 Å². The van der Waals surface area contributed by atoms with Crippen molar-refractivity contribution in [3.8, 4) is 6.07 Å². The van der Waals surface area contributed by atoms with Crippen molar-refractivity contribution in [3.63, 3.8) is 0 Å². The van der Waals surface area contributed by atoms with E-state index >= 15 is 0 Å². The Labute approximate surface area is 125 Å². The summed E-state index contributed by atoms with van der Waals surface area (Å²) in [6.45, 7) is 11.4. The molecule has 2 N–H and O–H groups in total. The molecule has 0 rings (SSSR count). The van der Waals surface area contributed by atoms with Crippen LogP contribution < -0.4 is 5.32 Å². The first kappa shape index (κ1) is 18.4. The molecule has 0 aliphatic carbocycles. The predicted molar refractivity (Wildman–Crippen MR) is 80.1 cm³/mol. The van der Waals surface area contributed by atoms with E-state index in [2.05, 4.69) is 18.5 Å². The Morgan fingerprint density at radius 3 is 2.19 bits per heavy atom. The van der Waals surface area contributed by atoms with Crippen molar-refractivity contribution < 1.29 is 14.7 Å². The lowest BCUT2D eigenvalue weighted by Gasteiger charge is -2.19. The molecule has 1 unspecified atom stereocenters. The minimum atomic E-state index is -1.13. The SMILES string of the molecule is C=CCN(/C=C(/C#N)C(=O)NC(C(=O)O)C(C)C)CC=C. The zero-order valence-electron chi connectivity index (χ0n) is 12.4. The van der Waals surface area contributed by atoms with Crippen molar-refractivity contribution in [1.29, 1.82) is 5.26 Å². The molecule has 114 valence electrons. The molecule has 0 aliphatic rings. The van der Waals surface area contributed by atoms with Crippen LogP contribution in [-0.2, 0) is 9.59 Å². The first-order valence-electron chi connectivity index (χ1n) is 6.48. The number of carboxylic acid groups (broad SMARTS) is 1. The molecule has 0 heterocycles. The van der Waals surface area contributed by atoms with E-state index in [4.69, 9.17) is 10.4 Å². The van der Waals surface area contributed by atoms with E-state index in [0.29, 0.717) is 13.1 Å². The van der Waals surface area contributed by atoms with Crippen LogP contribution in [0.15, 0.2) is 37.1 Å². The topological polar surface area (TPSA) is 93.4 Å². The van der Waals surface area contributed by atoms with E-state index < -0.39 is 17.9 Å². The van der Waals surface area contributed by atoms with Gasteiger partial charge in [0.15, 0.2) is 0 Å². The Morgan fingerprint density at radius 2 is 1.86 bits per heavy atom. The maximum Gasteiger partial charge on any atom is 0.326 e. The zero-order chi connectivity index (χ0) is 16.4. The monoisotopic (exact) mass is 291 g/mol. The molecule has 0 aromatic carbocycles. The molecule has 0 bridgehead atoms. The fraction of sp³-hybridized carbons (Fsp3) is 0.400. The van der Waals surface area contributed by atoms with Gasteiger partial charge in [0.05, 0.1) is 0 Å². The van der Waals surface area contributed by atoms with Crippen LogP contribution in [0.3, 0.4) is 0 Å². The van der Waals surface area contributed by atoms with Gasteiger partial charge in [-0.15, -0.1) is 13.2 Å². The van der Waals surface area contributed by atoms with Crippen LogP contribution in [0.25, 0.3) is 0 Å². The maximum absolute atomic E-state index is 12.0. The molecule has 6 nitrogen and oxygen atoms in total. The summed E-state index contributed by atoms with van der Waals surface area (Å²) in [5.41, 5.74) is -0.161. The van der Waals surface area contributed by atoms with Crippen molar-refractivity contribution >= 4 is 11.9 Å². The number of carbonyl (C=O) groups is 2. The summed E-state index contributed by atoms with van der Waals surface area (Å²) in [5, 5.41) is 20.5. The average molecular weight is 291 g/mol. The van der Waals surface area contributed by atoms with E-state index in [1.165, 1.54) is 6.20 Å². The fourth-order valence-electron chi connectivity index (χ4n) is 1.56. The summed E-state index contributed by atoms with van der Waals surface area (Å²) < 4.78 is 0. The van der Waals surface area contributed by atoms with E-state index in [1.54, 1.807) is 37.0 Å². The van der Waals surface area contributed by atoms with Gasteiger partial charge in [0, 0.05) is 19.3 Å². The van der Waals surface area contributed by atoms with Gasteiger partial charge >= 0.3 is 5.97 Å². The largest absolute Gasteiger partial charge is 0.480 e. The summed E-state index contributed by atoms with van der Waals surface area (Å²) >= 11 is 0. The molecule has 0 fully saturated rings. The predicted octanol–water partition coefficient (Wildman–Crippen LogP) is 1.29. The molecular weight excluding hydrogens is 270 g/mol. The molecule has 0 spiro atoms. The summed E-state index contributed by atoms with van der Waals surface area (Å²) in [5.74, 6) is -2.13. The number of amides is 1. The second-order valence-electron chi connectivity index (χ2n) is 4.72. The Kier molecular flexibility index (Phi) is 8.23. The van der Waals surface area contributed by atoms with Crippen molar-refractivity contribution in [1.82, 2.24) is 10.2 Å². The number of carbonyl (C=O) groups excluding carboxylic acids is 1. The minimum Gasteiger partial charge on any atom is -0.480 e. The van der Waals surface area contributed by atoms with Gasteiger partial charge in [0.25, 0.3) is 5.91 Å². The Bertz CT molecular complexity index is 465. The van der Waals surface area contributed by atoms with Crippen LogP contribution in [-0.4, -0.2) is 41.0 Å². The van der Waals surface area contributed by atoms with Crippen molar-refractivity contribution in [2.24, 2.45) is 5.92 Å². The van der Waals surface area contributed by atoms with Gasteiger partial charge in [0.2, 0.25) is 0 Å². The standard InChI is InChI=1S/C15H21N3O3/c1-5-7-18(8-6-2)10-12(9-16)14(19)17-13(11(3)4)15(20)21/h5-6,10-11,13H,1-2,7-8H2,3-4H3,(H,17,19)(H,20,21)/b12-10-. The highest BCUT2D eigenvalue weighted by molar-refractivity contribution is 5.99. The Hall–Kier alpha value is -2.55. The van der Waals surface area contributed by atoms with E-state index in [0.717, 1.165) is 0 Å². The van der Waals surface area contributed by atoms with Gasteiger partial charge in [-0.25, -0.2) is 4.79 Å². The van der Waals surface area contributed by atoms with Crippen LogP contribution in [0.2, 0.25) is 0 Å². The van der Waals surface area contributed by atoms with Gasteiger partial charge in [-0.05, 0) is 5.92 Å². The average Bonchev–Trinajstić information content (AvgIpc) is 2.41. The molecule has 0 saturated carbocycles. The minimum absolute atomic E-state index is 0.161. The molecule has 1 amide bonds. The van der Waals surface area contributed by atoms with Crippen LogP contribution in [0.1, 0.15) is 13.8 Å². The number of aliphatic carboxylic acids is 1. The van der Waals surface area contributed by atoms with Crippen molar-refractivity contribution in [3.05, 3.63) is 37.1 Å². The van der Waals surface area contributed by atoms with Crippen LogP contribution in [0, 0.1) is 17.2 Å². The first-order valence-corrected chi connectivity index (χ1v) is 6.48. The number of nitrogens with zero attached hydrogens (tertiary/aromatic N) is 2. The summed E-state index contributed by atoms with van der Waals surface area (Å²) in [6.07, 6.45) is 4.63. The molecule has 21 heavy (non-hydrogen) atoms. The van der Waals surface area contributed by atoms with Gasteiger partial charge in [-0.2, -0.15) is 5.26 Å². The highest BCUT2D eigenvalue weighted by Crippen LogP contribution is 2.05. The van der Waals surface area contributed by atoms with Crippen LogP contribution in [0.4, 0.5) is 0 Å². The molecule has 1 atom stereocenters. The normalized spacial score (nSPS) is 12.2. The van der Waals surface area contributed by atoms with E-state index in [-0.39, 0.29) is 11.5 Å². The number of hydrogen-bond acceptors (Lipinski definition) is 4. The van der Waals surface area contributed by atoms with Gasteiger partial charge in [-0.1, -0.05) is 26.0 Å². The van der Waals surface area contributed by atoms with Gasteiger partial charge in [0.1, 0.15) is 17.7 Å². The van der Waals surface area contributed by atoms with Crippen LogP contribution >= 0.6 is 0 Å². The summed E-state index contributed by atoms with van der Waals surface area (Å²) in [7, 11) is 0. The third kappa shape index (κ3) is 6.43. The Morgan fingerprint density at radius 1 is 1.33 bits per heavy atom. The van der Waals surface area contributed by atoms with E-state index in [9.17, 15) is 9.59 Å². The lowest BCUT2D eigenvalue weighted by Crippen LogP contribution is -2.45. The highest BCUT2D eigenvalue weighted by Gasteiger charge is 2.25. The maximum atomic E-state index is 12.0. The second kappa shape index (κ2) is 9.37. The third-order valence-electron chi connectivity index (χ3n) is 2.62. The van der Waals surface area contributed by atoms with Gasteiger partial charge in [-0.3, -0.25) is 4.79 Å². The lowest BCUT2D eigenvalue weighted by molar-refractivity contribution is -0.142. The van der Waals surface area contributed by atoms with Gasteiger partial charge < -0.3 is 15.3 Å². The van der Waals surface area contributed by atoms with Crippen LogP contribution in [0.5, 0.6) is 0 Å². The summed E-state index contributed by atoms with van der Waals surface area (Å²) in [6, 6.07) is 0.738. The van der Waals surface area contributed by atoms with Crippen molar-refractivity contribution in [2.45, 2.75) is 19.9 Å². The second-order valence-corrected chi connectivity index (χ2v) is 4.72. The molecule has 0 aromatic heterocycles. The quantitative estimate of drug-likeness (QED) is 0.379. The molecule has 0 aliphatic heterocycles. The number of nitriles is 1. The molecule has 0 saturated heterocycles. The number of carboxylic acids is 1. The molecule has 6 heteroatoms. The number of nitrogens with one attached hydrogen (secondary N) is 1. The molecule has 0 radical (unpaired) electrons. The molecular formula is C15H21N3O3. The number of hydrogen-bond donors (Lipinski definition) is 2. The first-order chi connectivity index (χ1) is 9.87. The highest BCUT2D eigenvalue weighted by atomic mass is 16.4.